The van der Waals surface area contributed by atoms with E-state index in [2.05, 4.69) is 4.98 Å². The van der Waals surface area contributed by atoms with Crippen molar-refractivity contribution in [2.24, 2.45) is 0 Å². The molecule has 0 spiro atoms. The zero-order valence-electron chi connectivity index (χ0n) is 12.7. The number of pyridine rings is 1. The zero-order chi connectivity index (χ0) is 17.0. The first kappa shape index (κ1) is 16.2. The Bertz CT molecular complexity index is 883. The van der Waals surface area contributed by atoms with Crippen molar-refractivity contribution in [2.45, 2.75) is 6.10 Å². The summed E-state index contributed by atoms with van der Waals surface area (Å²) >= 11 is 0. The van der Waals surface area contributed by atoms with Gasteiger partial charge in [0.25, 0.3) is 0 Å². The summed E-state index contributed by atoms with van der Waals surface area (Å²) in [6.07, 6.45) is 2.80. The Balaban J connectivity index is 1.60. The Labute approximate surface area is 140 Å². The average molecular weight is 341 g/mol. The van der Waals surface area contributed by atoms with Gasteiger partial charge in [-0.15, -0.1) is 0 Å². The van der Waals surface area contributed by atoms with Gasteiger partial charge in [0.1, 0.15) is 17.7 Å². The van der Waals surface area contributed by atoms with Crippen LogP contribution in [0.25, 0.3) is 6.08 Å². The van der Waals surface area contributed by atoms with Gasteiger partial charge in [-0.2, -0.15) is 9.57 Å². The van der Waals surface area contributed by atoms with Crippen LogP contribution in [0.15, 0.2) is 54.1 Å². The largest absolute Gasteiger partial charge is 0.471 e. The second kappa shape index (κ2) is 6.83. The number of hydrogen-bond donors (Lipinski definition) is 0. The average Bonchev–Trinajstić information content (AvgIpc) is 2.57. The van der Waals surface area contributed by atoms with Crippen molar-refractivity contribution in [3.05, 3.63) is 65.2 Å². The molecule has 122 valence electrons. The van der Waals surface area contributed by atoms with Gasteiger partial charge < -0.3 is 4.74 Å². The lowest BCUT2D eigenvalue weighted by Crippen LogP contribution is -2.55. The van der Waals surface area contributed by atoms with Crippen molar-refractivity contribution in [3.63, 3.8) is 0 Å². The molecule has 0 bridgehead atoms. The van der Waals surface area contributed by atoms with Gasteiger partial charge in [-0.3, -0.25) is 0 Å². The van der Waals surface area contributed by atoms with E-state index in [0.29, 0.717) is 5.56 Å². The van der Waals surface area contributed by atoms with Crippen LogP contribution in [0.4, 0.5) is 0 Å². The van der Waals surface area contributed by atoms with E-state index in [1.54, 1.807) is 18.2 Å². The number of nitrogens with zero attached hydrogens (tertiary/aromatic N) is 3. The summed E-state index contributed by atoms with van der Waals surface area (Å²) in [5.74, 6) is 0.238. The molecular formula is C17H15N3O3S. The van der Waals surface area contributed by atoms with Crippen molar-refractivity contribution in [3.8, 4) is 11.9 Å². The van der Waals surface area contributed by atoms with Crippen molar-refractivity contribution < 1.29 is 13.2 Å². The van der Waals surface area contributed by atoms with E-state index in [4.69, 9.17) is 10.00 Å². The monoisotopic (exact) mass is 341 g/mol. The molecule has 1 aliphatic rings. The fraction of sp³-hybridized carbons (Fsp3) is 0.176. The minimum absolute atomic E-state index is 0.238. The third-order valence-corrected chi connectivity index (χ3v) is 5.07. The van der Waals surface area contributed by atoms with Crippen molar-refractivity contribution in [1.82, 2.24) is 9.29 Å². The van der Waals surface area contributed by atoms with Crippen LogP contribution in [0.3, 0.4) is 0 Å². The Morgan fingerprint density at radius 1 is 1.21 bits per heavy atom. The lowest BCUT2D eigenvalue weighted by molar-refractivity contribution is 0.0727. The molecular weight excluding hydrogens is 326 g/mol. The molecule has 3 rings (SSSR count). The second-order valence-electron chi connectivity index (χ2n) is 5.28. The number of hydrogen-bond acceptors (Lipinski definition) is 5. The first-order valence-electron chi connectivity index (χ1n) is 7.33. The summed E-state index contributed by atoms with van der Waals surface area (Å²) in [7, 11) is -3.48. The standard InChI is InChI=1S/C17H15N3O3S/c18-11-15-7-4-9-19-17(15)23-16-12-20(13-16)24(21,22)10-8-14-5-2-1-3-6-14/h1-10,16H,12-13H2/b10-8+. The van der Waals surface area contributed by atoms with Crippen LogP contribution in [0.2, 0.25) is 0 Å². The van der Waals surface area contributed by atoms with Gasteiger partial charge in [0.15, 0.2) is 0 Å². The molecule has 2 heterocycles. The van der Waals surface area contributed by atoms with Crippen LogP contribution in [0, 0.1) is 11.3 Å². The van der Waals surface area contributed by atoms with Gasteiger partial charge >= 0.3 is 0 Å². The fourth-order valence-electron chi connectivity index (χ4n) is 2.23. The lowest BCUT2D eigenvalue weighted by atomic mass is 10.2. The van der Waals surface area contributed by atoms with Crippen LogP contribution in [-0.4, -0.2) is 36.9 Å². The Morgan fingerprint density at radius 3 is 2.67 bits per heavy atom. The van der Waals surface area contributed by atoms with Gasteiger partial charge in [-0.1, -0.05) is 30.3 Å². The summed E-state index contributed by atoms with van der Waals surface area (Å²) < 4.78 is 31.4. The maximum atomic E-state index is 12.2. The second-order valence-corrected chi connectivity index (χ2v) is 7.10. The molecule has 1 aliphatic heterocycles. The quantitative estimate of drug-likeness (QED) is 0.831. The highest BCUT2D eigenvalue weighted by atomic mass is 32.2. The molecule has 1 saturated heterocycles. The summed E-state index contributed by atoms with van der Waals surface area (Å²) in [4.78, 5) is 4.01. The predicted molar refractivity (Wildman–Crippen MR) is 89.3 cm³/mol. The van der Waals surface area contributed by atoms with E-state index >= 15 is 0 Å². The number of sulfonamides is 1. The van der Waals surface area contributed by atoms with E-state index in [1.807, 2.05) is 36.4 Å². The first-order valence-corrected chi connectivity index (χ1v) is 8.84. The van der Waals surface area contributed by atoms with Crippen LogP contribution in [-0.2, 0) is 10.0 Å². The molecule has 0 amide bonds. The molecule has 0 radical (unpaired) electrons. The van der Waals surface area contributed by atoms with Crippen LogP contribution in [0.1, 0.15) is 11.1 Å². The highest BCUT2D eigenvalue weighted by Gasteiger charge is 2.36. The molecule has 24 heavy (non-hydrogen) atoms. The zero-order valence-corrected chi connectivity index (χ0v) is 13.6. The number of benzene rings is 1. The van der Waals surface area contributed by atoms with Gasteiger partial charge in [0.05, 0.1) is 13.1 Å². The minimum Gasteiger partial charge on any atom is -0.471 e. The minimum atomic E-state index is -3.48. The van der Waals surface area contributed by atoms with Crippen molar-refractivity contribution >= 4 is 16.1 Å². The van der Waals surface area contributed by atoms with Crippen LogP contribution in [0.5, 0.6) is 5.88 Å². The van der Waals surface area contributed by atoms with Gasteiger partial charge in [-0.25, -0.2) is 13.4 Å². The third kappa shape index (κ3) is 3.62. The Kier molecular flexibility index (Phi) is 4.60. The van der Waals surface area contributed by atoms with Gasteiger partial charge in [-0.05, 0) is 23.8 Å². The maximum Gasteiger partial charge on any atom is 0.236 e. The van der Waals surface area contributed by atoms with E-state index in [9.17, 15) is 8.42 Å². The van der Waals surface area contributed by atoms with E-state index in [-0.39, 0.29) is 25.1 Å². The molecule has 0 unspecified atom stereocenters. The summed E-state index contributed by atoms with van der Waals surface area (Å²) in [6, 6.07) is 14.5. The Hall–Kier alpha value is -2.69. The molecule has 6 nitrogen and oxygen atoms in total. The molecule has 1 fully saturated rings. The Morgan fingerprint density at radius 2 is 1.96 bits per heavy atom. The SMILES string of the molecule is N#Cc1cccnc1OC1CN(S(=O)(=O)/C=C/c2ccccc2)C1. The molecule has 2 aromatic rings. The van der Waals surface area contributed by atoms with E-state index < -0.39 is 10.0 Å². The summed E-state index contributed by atoms with van der Waals surface area (Å²) in [5.41, 5.74) is 1.16. The third-order valence-electron chi connectivity index (χ3n) is 3.58. The van der Waals surface area contributed by atoms with Crippen LogP contribution < -0.4 is 4.74 Å². The first-order chi connectivity index (χ1) is 11.6. The van der Waals surface area contributed by atoms with Gasteiger partial charge in [0.2, 0.25) is 15.9 Å². The maximum absolute atomic E-state index is 12.2. The lowest BCUT2D eigenvalue weighted by Gasteiger charge is -2.36. The topological polar surface area (TPSA) is 83.3 Å². The molecule has 7 heteroatoms. The van der Waals surface area contributed by atoms with Crippen LogP contribution >= 0.6 is 0 Å². The molecule has 0 aliphatic carbocycles. The van der Waals surface area contributed by atoms with Crippen molar-refractivity contribution in [2.75, 3.05) is 13.1 Å². The smallest absolute Gasteiger partial charge is 0.236 e. The number of nitriles is 1. The highest BCUT2D eigenvalue weighted by Crippen LogP contribution is 2.22. The highest BCUT2D eigenvalue weighted by molar-refractivity contribution is 7.92. The van der Waals surface area contributed by atoms with E-state index in [0.717, 1.165) is 5.56 Å². The van der Waals surface area contributed by atoms with Gasteiger partial charge in [0, 0.05) is 11.6 Å². The number of ether oxygens (including phenoxy) is 1. The molecule has 0 N–H and O–H groups in total. The number of aromatic nitrogens is 1. The predicted octanol–water partition coefficient (Wildman–Crippen LogP) is 2.02. The van der Waals surface area contributed by atoms with E-state index in [1.165, 1.54) is 15.9 Å². The van der Waals surface area contributed by atoms with Crippen molar-refractivity contribution in [1.29, 1.82) is 5.26 Å². The summed E-state index contributed by atoms with van der Waals surface area (Å²) in [6.45, 7) is 0.478. The number of rotatable bonds is 5. The molecule has 0 saturated carbocycles. The molecule has 1 aromatic carbocycles. The molecule has 0 atom stereocenters. The molecule has 1 aromatic heterocycles. The fourth-order valence-corrected chi connectivity index (χ4v) is 3.47. The normalized spacial score (nSPS) is 15.8. The summed E-state index contributed by atoms with van der Waals surface area (Å²) in [5, 5.41) is 10.2.